The molecule has 0 amide bonds. The summed E-state index contributed by atoms with van der Waals surface area (Å²) in [6.45, 7) is 10.6. The van der Waals surface area contributed by atoms with Gasteiger partial charge in [-0.3, -0.25) is 9.88 Å². The molecule has 1 aromatic carbocycles. The molecule has 0 aliphatic carbocycles. The number of pyridine rings is 1. The summed E-state index contributed by atoms with van der Waals surface area (Å²) in [5.74, 6) is 0.895. The van der Waals surface area contributed by atoms with Crippen LogP contribution >= 0.6 is 0 Å². The van der Waals surface area contributed by atoms with Crippen LogP contribution < -0.4 is 9.64 Å². The third kappa shape index (κ3) is 4.25. The Kier molecular flexibility index (Phi) is 5.60. The lowest BCUT2D eigenvalue weighted by Crippen LogP contribution is -2.47. The molecule has 144 valence electrons. The molecule has 0 bridgehead atoms. The van der Waals surface area contributed by atoms with Crippen molar-refractivity contribution in [3.8, 4) is 5.75 Å². The number of fused-ring (bicyclic) bond motifs is 1. The number of anilines is 1. The monoisotopic (exact) mass is 367 g/mol. The van der Waals surface area contributed by atoms with Gasteiger partial charge in [0.05, 0.1) is 12.3 Å². The van der Waals surface area contributed by atoms with E-state index in [0.29, 0.717) is 6.61 Å². The molecule has 27 heavy (non-hydrogen) atoms. The van der Waals surface area contributed by atoms with Crippen molar-refractivity contribution in [2.24, 2.45) is 0 Å². The molecule has 0 saturated carbocycles. The molecule has 1 unspecified atom stereocenters. The second-order valence-electron chi connectivity index (χ2n) is 7.51. The van der Waals surface area contributed by atoms with Crippen LogP contribution in [-0.2, 0) is 11.2 Å². The van der Waals surface area contributed by atoms with Gasteiger partial charge in [0, 0.05) is 44.6 Å². The largest absolute Gasteiger partial charge is 0.489 e. The lowest BCUT2D eigenvalue weighted by molar-refractivity contribution is -0.0472. The molecule has 1 fully saturated rings. The van der Waals surface area contributed by atoms with Crippen LogP contribution in [0.1, 0.15) is 16.8 Å². The van der Waals surface area contributed by atoms with Gasteiger partial charge in [-0.05, 0) is 43.5 Å². The summed E-state index contributed by atoms with van der Waals surface area (Å²) in [5.41, 5.74) is 4.96. The van der Waals surface area contributed by atoms with E-state index in [1.54, 1.807) is 0 Å². The number of hydrogen-bond donors (Lipinski definition) is 0. The lowest BCUT2D eigenvalue weighted by Gasteiger charge is -2.34. The number of ether oxygens (including phenoxy) is 2. The van der Waals surface area contributed by atoms with E-state index in [1.807, 2.05) is 19.2 Å². The fourth-order valence-electron chi connectivity index (χ4n) is 4.06. The van der Waals surface area contributed by atoms with Crippen LogP contribution in [0.3, 0.4) is 0 Å². The summed E-state index contributed by atoms with van der Waals surface area (Å²) >= 11 is 0. The maximum absolute atomic E-state index is 6.06. The Bertz CT molecular complexity index is 760. The average molecular weight is 367 g/mol. The van der Waals surface area contributed by atoms with E-state index >= 15 is 0 Å². The highest BCUT2D eigenvalue weighted by molar-refractivity contribution is 5.57. The van der Waals surface area contributed by atoms with Crippen molar-refractivity contribution in [2.45, 2.75) is 26.4 Å². The smallest absolute Gasteiger partial charge is 0.143 e. The van der Waals surface area contributed by atoms with E-state index in [2.05, 4.69) is 46.0 Å². The normalized spacial score (nSPS) is 19.9. The topological polar surface area (TPSA) is 37.8 Å². The predicted molar refractivity (Wildman–Crippen MR) is 108 cm³/mol. The summed E-state index contributed by atoms with van der Waals surface area (Å²) in [4.78, 5) is 9.34. The molecule has 1 aromatic heterocycles. The standard InChI is InChI=1S/C22H29N3O2/c1-17-7-9-23-18(2)22(17)27-16-20-15-24(13-14-26-20)11-12-25-10-8-19-5-3-4-6-21(19)25/h3-7,9,20H,8,10-16H2,1-2H3. The Balaban J connectivity index is 1.27. The minimum absolute atomic E-state index is 0.114. The highest BCUT2D eigenvalue weighted by Gasteiger charge is 2.23. The zero-order valence-corrected chi connectivity index (χ0v) is 16.4. The lowest BCUT2D eigenvalue weighted by atomic mass is 10.2. The molecule has 4 rings (SSSR count). The molecule has 5 nitrogen and oxygen atoms in total. The van der Waals surface area contributed by atoms with E-state index < -0.39 is 0 Å². The van der Waals surface area contributed by atoms with Crippen molar-refractivity contribution in [3.05, 3.63) is 53.3 Å². The number of rotatable bonds is 6. The second-order valence-corrected chi connectivity index (χ2v) is 7.51. The number of aromatic nitrogens is 1. The van der Waals surface area contributed by atoms with E-state index in [-0.39, 0.29) is 6.10 Å². The predicted octanol–water partition coefficient (Wildman–Crippen LogP) is 2.84. The number of morpholine rings is 1. The molecule has 1 saturated heterocycles. The van der Waals surface area contributed by atoms with Crippen molar-refractivity contribution in [2.75, 3.05) is 50.8 Å². The van der Waals surface area contributed by atoms with E-state index in [9.17, 15) is 0 Å². The molecular weight excluding hydrogens is 338 g/mol. The molecule has 0 radical (unpaired) electrons. The van der Waals surface area contributed by atoms with Crippen molar-refractivity contribution >= 4 is 5.69 Å². The molecule has 0 spiro atoms. The summed E-state index contributed by atoms with van der Waals surface area (Å²) < 4.78 is 12.0. The van der Waals surface area contributed by atoms with Crippen LogP contribution in [0.15, 0.2) is 36.5 Å². The number of hydrogen-bond acceptors (Lipinski definition) is 5. The van der Waals surface area contributed by atoms with Gasteiger partial charge in [-0.15, -0.1) is 0 Å². The number of benzene rings is 1. The molecule has 3 heterocycles. The SMILES string of the molecule is Cc1ccnc(C)c1OCC1CN(CCN2CCc3ccccc32)CCO1. The van der Waals surface area contributed by atoms with Gasteiger partial charge in [-0.1, -0.05) is 18.2 Å². The minimum Gasteiger partial charge on any atom is -0.489 e. The Hall–Kier alpha value is -2.11. The summed E-state index contributed by atoms with van der Waals surface area (Å²) in [6, 6.07) is 10.8. The van der Waals surface area contributed by atoms with Gasteiger partial charge < -0.3 is 14.4 Å². The van der Waals surface area contributed by atoms with Crippen LogP contribution in [0.2, 0.25) is 0 Å². The summed E-state index contributed by atoms with van der Waals surface area (Å²) in [5, 5.41) is 0. The van der Waals surface area contributed by atoms with E-state index in [1.165, 1.54) is 17.7 Å². The van der Waals surface area contributed by atoms with Crippen LogP contribution in [0.5, 0.6) is 5.75 Å². The number of para-hydroxylation sites is 1. The number of aryl methyl sites for hydroxylation is 2. The minimum atomic E-state index is 0.114. The van der Waals surface area contributed by atoms with Crippen LogP contribution in [0.25, 0.3) is 0 Å². The molecule has 5 heteroatoms. The quantitative estimate of drug-likeness (QED) is 0.785. The molecule has 1 atom stereocenters. The van der Waals surface area contributed by atoms with Gasteiger partial charge in [-0.2, -0.15) is 0 Å². The molecular formula is C22H29N3O2. The first kappa shape index (κ1) is 18.3. The van der Waals surface area contributed by atoms with Crippen LogP contribution in [0.4, 0.5) is 5.69 Å². The third-order valence-electron chi connectivity index (χ3n) is 5.59. The Morgan fingerprint density at radius 3 is 2.93 bits per heavy atom. The van der Waals surface area contributed by atoms with E-state index in [0.717, 1.165) is 56.3 Å². The fraction of sp³-hybridized carbons (Fsp3) is 0.500. The third-order valence-corrected chi connectivity index (χ3v) is 5.59. The van der Waals surface area contributed by atoms with Gasteiger partial charge in [-0.25, -0.2) is 0 Å². The number of nitrogens with zero attached hydrogens (tertiary/aromatic N) is 3. The van der Waals surface area contributed by atoms with Gasteiger partial charge in [0.1, 0.15) is 18.5 Å². The van der Waals surface area contributed by atoms with Crippen molar-refractivity contribution in [1.29, 1.82) is 0 Å². The molecule has 2 aliphatic rings. The molecule has 0 N–H and O–H groups in total. The molecule has 2 aromatic rings. The van der Waals surface area contributed by atoms with Gasteiger partial charge in [0.25, 0.3) is 0 Å². The highest BCUT2D eigenvalue weighted by Crippen LogP contribution is 2.27. The Morgan fingerprint density at radius 2 is 2.04 bits per heavy atom. The fourth-order valence-corrected chi connectivity index (χ4v) is 4.06. The van der Waals surface area contributed by atoms with Crippen molar-refractivity contribution < 1.29 is 9.47 Å². The maximum atomic E-state index is 6.06. The first-order chi connectivity index (χ1) is 13.2. The average Bonchev–Trinajstić information content (AvgIpc) is 3.10. The zero-order chi connectivity index (χ0) is 18.6. The molecule has 2 aliphatic heterocycles. The van der Waals surface area contributed by atoms with Gasteiger partial charge >= 0.3 is 0 Å². The zero-order valence-electron chi connectivity index (χ0n) is 16.4. The van der Waals surface area contributed by atoms with Gasteiger partial charge in [0.15, 0.2) is 0 Å². The van der Waals surface area contributed by atoms with Crippen LogP contribution in [-0.4, -0.2) is 61.9 Å². The second kappa shape index (κ2) is 8.28. The first-order valence-corrected chi connectivity index (χ1v) is 9.92. The van der Waals surface area contributed by atoms with Crippen LogP contribution in [0, 0.1) is 13.8 Å². The van der Waals surface area contributed by atoms with Crippen molar-refractivity contribution in [3.63, 3.8) is 0 Å². The Labute approximate surface area is 161 Å². The Morgan fingerprint density at radius 1 is 1.15 bits per heavy atom. The highest BCUT2D eigenvalue weighted by atomic mass is 16.5. The maximum Gasteiger partial charge on any atom is 0.143 e. The summed E-state index contributed by atoms with van der Waals surface area (Å²) in [7, 11) is 0. The first-order valence-electron chi connectivity index (χ1n) is 9.92. The van der Waals surface area contributed by atoms with Gasteiger partial charge in [0.2, 0.25) is 0 Å². The summed E-state index contributed by atoms with van der Waals surface area (Å²) in [6.07, 6.45) is 3.11. The van der Waals surface area contributed by atoms with Crippen molar-refractivity contribution in [1.82, 2.24) is 9.88 Å². The van der Waals surface area contributed by atoms with E-state index in [4.69, 9.17) is 9.47 Å².